The minimum absolute atomic E-state index is 0. The van der Waals surface area contributed by atoms with Crippen molar-refractivity contribution in [1.29, 1.82) is 0 Å². The van der Waals surface area contributed by atoms with Crippen LogP contribution in [0.15, 0.2) is 69.9 Å². The van der Waals surface area contributed by atoms with Crippen LogP contribution in [0.1, 0.15) is 73.5 Å². The number of hydrogen-bond acceptors (Lipinski definition) is 6. The van der Waals surface area contributed by atoms with Gasteiger partial charge >= 0.3 is 30.8 Å². The maximum Gasteiger partial charge on any atom is 1.00 e. The molecule has 194 valence electrons. The minimum Gasteiger partial charge on any atom is -1.00 e. The Balaban J connectivity index is 0.00000210. The molecule has 0 radical (unpaired) electrons. The van der Waals surface area contributed by atoms with Crippen LogP contribution >= 0.6 is 31.9 Å². The zero-order chi connectivity index (χ0) is 25.8. The Morgan fingerprint density at radius 2 is 1.45 bits per heavy atom. The van der Waals surface area contributed by atoms with E-state index in [1.54, 1.807) is 18.3 Å². The van der Waals surface area contributed by atoms with Gasteiger partial charge in [-0.25, -0.2) is 4.79 Å². The van der Waals surface area contributed by atoms with Gasteiger partial charge in [0.15, 0.2) is 0 Å². The molecule has 2 unspecified atom stereocenters. The van der Waals surface area contributed by atoms with Crippen LogP contribution in [-0.4, -0.2) is 28.5 Å². The van der Waals surface area contributed by atoms with Gasteiger partial charge in [0.25, 0.3) is 0 Å². The zero-order valence-corrected chi connectivity index (χ0v) is 24.6. The van der Waals surface area contributed by atoms with Crippen molar-refractivity contribution in [2.45, 2.75) is 50.4 Å². The average molecular weight is 635 g/mol. The van der Waals surface area contributed by atoms with E-state index in [0.29, 0.717) is 29.5 Å². The number of rotatable bonds is 11. The van der Waals surface area contributed by atoms with Gasteiger partial charge in [-0.1, -0.05) is 25.7 Å². The summed E-state index contributed by atoms with van der Waals surface area (Å²) in [6, 6.07) is 14.9. The summed E-state index contributed by atoms with van der Waals surface area (Å²) in [5.74, 6) is -0.137. The topological polar surface area (TPSA) is 81.2 Å². The van der Waals surface area contributed by atoms with Crippen LogP contribution in [0.4, 0.5) is 5.69 Å². The Bertz CT molecular complexity index is 1240. The van der Waals surface area contributed by atoms with E-state index in [0.717, 1.165) is 52.1 Å². The molecule has 2 heterocycles. The molecule has 5 rings (SSSR count). The predicted molar refractivity (Wildman–Crippen MR) is 151 cm³/mol. The molecule has 6 nitrogen and oxygen atoms in total. The van der Waals surface area contributed by atoms with Crippen molar-refractivity contribution < 1.29 is 34.6 Å². The molecule has 0 aliphatic heterocycles. The van der Waals surface area contributed by atoms with Gasteiger partial charge in [-0.15, -0.1) is 0 Å². The van der Waals surface area contributed by atoms with Gasteiger partial charge < -0.3 is 11.5 Å². The molecule has 2 aromatic heterocycles. The normalized spacial score (nSPS) is 16.2. The summed E-state index contributed by atoms with van der Waals surface area (Å²) in [5.41, 5.74) is 2.97. The number of carbonyl (C=O) groups is 2. The van der Waals surface area contributed by atoms with E-state index >= 15 is 0 Å². The fraction of sp³-hybridized carbons (Fsp3) is 0.379. The van der Waals surface area contributed by atoms with Crippen molar-refractivity contribution >= 4 is 49.5 Å². The SMILES string of the molecule is O=C(OC(=O)C(CC1CC1)c1ccc(Br)cn1)c1ccc(NCC(CC2CC2)c2ccc(Br)cn2)cc1.[H-].[Li+]. The van der Waals surface area contributed by atoms with Crippen LogP contribution < -0.4 is 24.2 Å². The number of nitrogens with one attached hydrogen (secondary N) is 1. The maximum atomic E-state index is 13.0. The zero-order valence-electron chi connectivity index (χ0n) is 22.4. The number of halogens is 2. The van der Waals surface area contributed by atoms with Gasteiger partial charge in [-0.05, 0) is 105 Å². The second-order valence-electron chi connectivity index (χ2n) is 10.1. The Morgan fingerprint density at radius 1 is 0.868 bits per heavy atom. The summed E-state index contributed by atoms with van der Waals surface area (Å²) in [6.07, 6.45) is 10.1. The molecule has 0 saturated heterocycles. The van der Waals surface area contributed by atoms with Crippen molar-refractivity contribution in [2.24, 2.45) is 11.8 Å². The molecule has 38 heavy (non-hydrogen) atoms. The number of ether oxygens (including phenoxy) is 1. The first kappa shape index (κ1) is 29.0. The second-order valence-corrected chi connectivity index (χ2v) is 11.9. The molecule has 0 amide bonds. The molecule has 2 saturated carbocycles. The van der Waals surface area contributed by atoms with Crippen molar-refractivity contribution in [3.63, 3.8) is 0 Å². The third kappa shape index (κ3) is 8.26. The van der Waals surface area contributed by atoms with Crippen molar-refractivity contribution in [3.05, 3.63) is 86.8 Å². The molecule has 2 fully saturated rings. The summed E-state index contributed by atoms with van der Waals surface area (Å²) < 4.78 is 7.12. The molecule has 0 spiro atoms. The van der Waals surface area contributed by atoms with Gasteiger partial charge in [0.2, 0.25) is 0 Å². The molecular formula is C29H30Br2LiN3O3. The predicted octanol–water partition coefficient (Wildman–Crippen LogP) is 4.38. The Labute approximate surface area is 253 Å². The summed E-state index contributed by atoms with van der Waals surface area (Å²) >= 11 is 6.84. The van der Waals surface area contributed by atoms with E-state index in [1.165, 1.54) is 12.8 Å². The van der Waals surface area contributed by atoms with Crippen molar-refractivity contribution in [1.82, 2.24) is 9.97 Å². The largest absolute Gasteiger partial charge is 1.00 e. The van der Waals surface area contributed by atoms with Crippen LogP contribution in [0.2, 0.25) is 0 Å². The third-order valence-electron chi connectivity index (χ3n) is 7.01. The summed E-state index contributed by atoms with van der Waals surface area (Å²) in [7, 11) is 0. The first-order chi connectivity index (χ1) is 17.9. The molecule has 9 heteroatoms. The number of aromatic nitrogens is 2. The smallest absolute Gasteiger partial charge is 1.00 e. The van der Waals surface area contributed by atoms with Gasteiger partial charge in [0.05, 0.1) is 17.2 Å². The number of pyridine rings is 2. The van der Waals surface area contributed by atoms with Gasteiger partial charge in [-0.2, -0.15) is 0 Å². The Morgan fingerprint density at radius 3 is 2.00 bits per heavy atom. The van der Waals surface area contributed by atoms with Crippen LogP contribution in [0.3, 0.4) is 0 Å². The van der Waals surface area contributed by atoms with E-state index in [9.17, 15) is 9.59 Å². The van der Waals surface area contributed by atoms with Crippen molar-refractivity contribution in [3.8, 4) is 0 Å². The molecule has 2 aliphatic carbocycles. The molecule has 1 N–H and O–H groups in total. The van der Waals surface area contributed by atoms with E-state index in [2.05, 4.69) is 53.2 Å². The van der Waals surface area contributed by atoms with Crippen LogP contribution in [0.5, 0.6) is 0 Å². The van der Waals surface area contributed by atoms with E-state index in [4.69, 9.17) is 4.74 Å². The molecule has 0 bridgehead atoms. The first-order valence-electron chi connectivity index (χ1n) is 12.8. The summed E-state index contributed by atoms with van der Waals surface area (Å²) in [4.78, 5) is 34.7. The number of nitrogens with zero attached hydrogens (tertiary/aromatic N) is 2. The molecular weight excluding hydrogens is 605 g/mol. The Hall–Kier alpha value is -1.98. The standard InChI is InChI=1S/C29H29Br2N3O3.Li.H/c30-22-7-11-26(33-16-22)21(13-18-1-2-18)15-32-24-9-5-20(6-10-24)28(35)37-29(36)25(14-19-3-4-19)27-12-8-23(31)17-34-27;;/h5-12,16-19,21,25,32H,1-4,13-15H2;;/q;+1;-1. The number of esters is 2. The number of anilines is 1. The minimum atomic E-state index is -0.639. The molecule has 3 aromatic rings. The first-order valence-corrected chi connectivity index (χ1v) is 14.4. The van der Waals surface area contributed by atoms with E-state index in [-0.39, 0.29) is 20.3 Å². The number of hydrogen-bond donors (Lipinski definition) is 1. The van der Waals surface area contributed by atoms with E-state index < -0.39 is 17.9 Å². The fourth-order valence-corrected chi connectivity index (χ4v) is 4.97. The van der Waals surface area contributed by atoms with Gasteiger partial charge in [0.1, 0.15) is 0 Å². The second kappa shape index (κ2) is 13.4. The molecule has 1 aromatic carbocycles. The summed E-state index contributed by atoms with van der Waals surface area (Å²) in [6.45, 7) is 0.760. The van der Waals surface area contributed by atoms with E-state index in [1.807, 2.05) is 36.5 Å². The fourth-order valence-electron chi connectivity index (χ4n) is 4.50. The number of carbonyl (C=O) groups excluding carboxylic acids is 2. The monoisotopic (exact) mass is 633 g/mol. The van der Waals surface area contributed by atoms with Crippen LogP contribution in [0, 0.1) is 11.8 Å². The van der Waals surface area contributed by atoms with Gasteiger partial charge in [-0.3, -0.25) is 14.8 Å². The maximum absolute atomic E-state index is 13.0. The van der Waals surface area contributed by atoms with Crippen LogP contribution in [0.25, 0.3) is 0 Å². The number of benzene rings is 1. The van der Waals surface area contributed by atoms with Gasteiger partial charge in [0, 0.05) is 45.2 Å². The van der Waals surface area contributed by atoms with Crippen LogP contribution in [-0.2, 0) is 9.53 Å². The molecule has 2 atom stereocenters. The third-order valence-corrected chi connectivity index (χ3v) is 7.95. The molecule has 2 aliphatic rings. The quantitative estimate of drug-likeness (QED) is 0.192. The Kier molecular flexibility index (Phi) is 10.2. The average Bonchev–Trinajstić information content (AvgIpc) is 3.83. The van der Waals surface area contributed by atoms with Crippen molar-refractivity contribution in [2.75, 3.05) is 11.9 Å². The summed E-state index contributed by atoms with van der Waals surface area (Å²) in [5, 5.41) is 3.49.